The molecule has 2 unspecified atom stereocenters. The van der Waals surface area contributed by atoms with Gasteiger partial charge in [0.1, 0.15) is 0 Å². The molecule has 2 aromatic rings. The van der Waals surface area contributed by atoms with Crippen LogP contribution in [0.3, 0.4) is 0 Å². The topological polar surface area (TPSA) is 33.1 Å². The predicted molar refractivity (Wildman–Crippen MR) is 133 cm³/mol. The third-order valence-electron chi connectivity index (χ3n) is 9.11. The number of allylic oxidation sites excluding steroid dienone is 2. The van der Waals surface area contributed by atoms with Crippen molar-refractivity contribution in [2.75, 3.05) is 6.54 Å². The van der Waals surface area contributed by atoms with Crippen LogP contribution in [0.2, 0.25) is 0 Å². The quantitative estimate of drug-likeness (QED) is 0.654. The summed E-state index contributed by atoms with van der Waals surface area (Å²) in [6.07, 6.45) is 16.9. The van der Waals surface area contributed by atoms with Gasteiger partial charge in [-0.1, -0.05) is 50.1 Å². The molecule has 0 spiro atoms. The third-order valence-corrected chi connectivity index (χ3v) is 9.11. The largest absolute Gasteiger partial charge is 0.378 e. The summed E-state index contributed by atoms with van der Waals surface area (Å²) in [5, 5.41) is 8.95. The van der Waals surface area contributed by atoms with Crippen molar-refractivity contribution in [1.29, 1.82) is 0 Å². The molecule has 170 valence electrons. The second-order valence-electron chi connectivity index (χ2n) is 11.0. The standard InChI is InChI=1S/C29H34N4/c1-4-19-8-7-11-21-25-23-12-16-30-29(23,3)15-14-28(25,2)27-22-18-32(20-9-5-6-10-20)17-13-24(22)31-33(27)26(19)21/h7-8,11-12,14-16,20,30H,4-6,9-10,13,17-18H2,1-3H3. The van der Waals surface area contributed by atoms with Crippen molar-refractivity contribution in [3.63, 3.8) is 0 Å². The van der Waals surface area contributed by atoms with Crippen molar-refractivity contribution >= 4 is 5.57 Å². The van der Waals surface area contributed by atoms with Crippen molar-refractivity contribution < 1.29 is 0 Å². The van der Waals surface area contributed by atoms with E-state index in [9.17, 15) is 0 Å². The number of para-hydroxylation sites is 1. The molecule has 0 bridgehead atoms. The van der Waals surface area contributed by atoms with Gasteiger partial charge in [0.25, 0.3) is 0 Å². The van der Waals surface area contributed by atoms with Crippen LogP contribution < -0.4 is 5.32 Å². The highest BCUT2D eigenvalue weighted by Crippen LogP contribution is 2.55. The molecule has 5 aliphatic rings. The van der Waals surface area contributed by atoms with Gasteiger partial charge in [0, 0.05) is 36.7 Å². The Morgan fingerprint density at radius 3 is 2.82 bits per heavy atom. The van der Waals surface area contributed by atoms with E-state index in [1.165, 1.54) is 70.6 Å². The number of nitrogens with zero attached hydrogens (tertiary/aromatic N) is 3. The Morgan fingerprint density at radius 2 is 2.00 bits per heavy atom. The first-order valence-corrected chi connectivity index (χ1v) is 12.9. The Morgan fingerprint density at radius 1 is 1.15 bits per heavy atom. The molecule has 1 N–H and O–H groups in total. The molecule has 0 saturated heterocycles. The third kappa shape index (κ3) is 2.53. The SMILES string of the molecule is CCc1cccc2c1-n1nc3c(c1C1(C)C=CC4(C)NC=CC4=C21)CN(C1CCCC1)CC3. The maximum atomic E-state index is 5.34. The van der Waals surface area contributed by atoms with E-state index in [2.05, 4.69) is 78.3 Å². The molecule has 1 aromatic heterocycles. The normalized spacial score (nSPS) is 30.0. The van der Waals surface area contributed by atoms with Crippen molar-refractivity contribution in [3.05, 3.63) is 76.3 Å². The molecular formula is C29H34N4. The van der Waals surface area contributed by atoms with E-state index in [1.807, 2.05) is 0 Å². The molecule has 2 aliphatic carbocycles. The molecular weight excluding hydrogens is 404 g/mol. The Kier molecular flexibility index (Phi) is 4.04. The molecule has 4 heterocycles. The molecule has 1 fully saturated rings. The Bertz CT molecular complexity index is 1250. The van der Waals surface area contributed by atoms with Crippen LogP contribution in [0.15, 0.2) is 48.2 Å². The first-order valence-electron chi connectivity index (χ1n) is 12.9. The van der Waals surface area contributed by atoms with Gasteiger partial charge in [0.05, 0.1) is 28.0 Å². The van der Waals surface area contributed by atoms with Crippen LogP contribution in [0.4, 0.5) is 0 Å². The van der Waals surface area contributed by atoms with Gasteiger partial charge in [-0.15, -0.1) is 0 Å². The lowest BCUT2D eigenvalue weighted by molar-refractivity contribution is 0.179. The van der Waals surface area contributed by atoms with E-state index in [4.69, 9.17) is 5.10 Å². The number of aromatic nitrogens is 2. The average Bonchev–Trinajstić information content (AvgIpc) is 3.56. The van der Waals surface area contributed by atoms with Gasteiger partial charge in [-0.25, -0.2) is 4.68 Å². The fraction of sp³-hybridized carbons (Fsp3) is 0.483. The van der Waals surface area contributed by atoms with E-state index in [0.717, 1.165) is 32.0 Å². The first kappa shape index (κ1) is 19.8. The van der Waals surface area contributed by atoms with Crippen LogP contribution in [0.1, 0.15) is 74.5 Å². The van der Waals surface area contributed by atoms with Gasteiger partial charge in [0.15, 0.2) is 0 Å². The van der Waals surface area contributed by atoms with E-state index in [0.29, 0.717) is 0 Å². The van der Waals surface area contributed by atoms with Crippen molar-refractivity contribution in [3.8, 4) is 5.69 Å². The molecule has 0 amide bonds. The molecule has 7 rings (SSSR count). The highest BCUT2D eigenvalue weighted by Gasteiger charge is 2.49. The summed E-state index contributed by atoms with van der Waals surface area (Å²) < 4.78 is 2.36. The molecule has 0 radical (unpaired) electrons. The summed E-state index contributed by atoms with van der Waals surface area (Å²) in [7, 11) is 0. The molecule has 1 aromatic carbocycles. The van der Waals surface area contributed by atoms with Crippen LogP contribution in [0.25, 0.3) is 11.3 Å². The lowest BCUT2D eigenvalue weighted by atomic mass is 9.64. The van der Waals surface area contributed by atoms with E-state index in [-0.39, 0.29) is 11.0 Å². The molecule has 33 heavy (non-hydrogen) atoms. The van der Waals surface area contributed by atoms with Gasteiger partial charge >= 0.3 is 0 Å². The minimum absolute atomic E-state index is 0.132. The van der Waals surface area contributed by atoms with Crippen LogP contribution in [0, 0.1) is 0 Å². The maximum Gasteiger partial charge on any atom is 0.0780 e. The number of hydrogen-bond acceptors (Lipinski definition) is 3. The van der Waals surface area contributed by atoms with Gasteiger partial charge in [-0.2, -0.15) is 5.10 Å². The van der Waals surface area contributed by atoms with Crippen LogP contribution in [-0.4, -0.2) is 32.8 Å². The summed E-state index contributed by atoms with van der Waals surface area (Å²) in [5.74, 6) is 0. The number of benzene rings is 1. The second kappa shape index (κ2) is 6.73. The lowest BCUT2D eigenvalue weighted by Gasteiger charge is -2.44. The Hall–Kier alpha value is -2.59. The second-order valence-corrected chi connectivity index (χ2v) is 11.0. The Balaban J connectivity index is 1.50. The zero-order valence-corrected chi connectivity index (χ0v) is 20.1. The average molecular weight is 439 g/mol. The van der Waals surface area contributed by atoms with Crippen molar-refractivity contribution in [2.24, 2.45) is 0 Å². The molecule has 3 aliphatic heterocycles. The minimum atomic E-state index is -0.177. The maximum absolute atomic E-state index is 5.34. The molecule has 1 saturated carbocycles. The zero-order valence-electron chi connectivity index (χ0n) is 20.1. The smallest absolute Gasteiger partial charge is 0.0780 e. The fourth-order valence-electron chi connectivity index (χ4n) is 7.35. The minimum Gasteiger partial charge on any atom is -0.378 e. The highest BCUT2D eigenvalue weighted by molar-refractivity contribution is 5.91. The van der Waals surface area contributed by atoms with E-state index < -0.39 is 0 Å². The summed E-state index contributed by atoms with van der Waals surface area (Å²) in [6.45, 7) is 9.21. The van der Waals surface area contributed by atoms with Crippen LogP contribution >= 0.6 is 0 Å². The monoisotopic (exact) mass is 438 g/mol. The number of fused-ring (bicyclic) bond motifs is 9. The Labute approximate surface area is 197 Å². The summed E-state index contributed by atoms with van der Waals surface area (Å²) in [6, 6.07) is 7.62. The first-order chi connectivity index (χ1) is 16.0. The number of hydrogen-bond donors (Lipinski definition) is 1. The molecule has 4 heteroatoms. The molecule has 2 atom stereocenters. The highest BCUT2D eigenvalue weighted by atomic mass is 15.3. The van der Waals surface area contributed by atoms with E-state index >= 15 is 0 Å². The van der Waals surface area contributed by atoms with Crippen LogP contribution in [0.5, 0.6) is 0 Å². The number of nitrogens with one attached hydrogen (secondary N) is 1. The van der Waals surface area contributed by atoms with Gasteiger partial charge in [0.2, 0.25) is 0 Å². The molecule has 4 nitrogen and oxygen atoms in total. The fourth-order valence-corrected chi connectivity index (χ4v) is 7.35. The van der Waals surface area contributed by atoms with E-state index in [1.54, 1.807) is 0 Å². The zero-order chi connectivity index (χ0) is 22.4. The van der Waals surface area contributed by atoms with Crippen molar-refractivity contribution in [2.45, 2.75) is 82.8 Å². The lowest BCUT2D eigenvalue weighted by Crippen LogP contribution is -2.44. The van der Waals surface area contributed by atoms with Gasteiger partial charge in [-0.05, 0) is 62.1 Å². The van der Waals surface area contributed by atoms with Gasteiger partial charge < -0.3 is 5.32 Å². The van der Waals surface area contributed by atoms with Crippen molar-refractivity contribution in [1.82, 2.24) is 20.0 Å². The van der Waals surface area contributed by atoms with Gasteiger partial charge in [-0.3, -0.25) is 4.90 Å². The predicted octanol–water partition coefficient (Wildman–Crippen LogP) is 5.21. The number of aryl methyl sites for hydroxylation is 1. The van der Waals surface area contributed by atoms with Crippen LogP contribution in [-0.2, 0) is 24.8 Å². The number of rotatable bonds is 2. The summed E-state index contributed by atoms with van der Waals surface area (Å²) in [4.78, 5) is 2.77. The summed E-state index contributed by atoms with van der Waals surface area (Å²) in [5.41, 5.74) is 10.9. The summed E-state index contributed by atoms with van der Waals surface area (Å²) >= 11 is 0.